The number of benzene rings is 1. The molecule has 1 atom stereocenters. The summed E-state index contributed by atoms with van der Waals surface area (Å²) in [7, 11) is 0. The summed E-state index contributed by atoms with van der Waals surface area (Å²) >= 11 is 12.2. The molecule has 3 N–H and O–H groups in total. The van der Waals surface area contributed by atoms with E-state index in [-0.39, 0.29) is 5.02 Å². The Bertz CT molecular complexity index is 585. The molecule has 0 saturated heterocycles. The smallest absolute Gasteiger partial charge is 0.124 e. The second-order valence-corrected chi connectivity index (χ2v) is 4.77. The maximum atomic E-state index is 13.1. The molecule has 102 valence electrons. The largest absolute Gasteiger partial charge is 0.271 e. The van der Waals surface area contributed by atoms with Gasteiger partial charge in [-0.15, -0.1) is 0 Å². The van der Waals surface area contributed by atoms with Crippen molar-refractivity contribution in [1.82, 2.24) is 15.2 Å². The molecule has 1 heterocycles. The van der Waals surface area contributed by atoms with Crippen molar-refractivity contribution in [1.29, 1.82) is 0 Å². The van der Waals surface area contributed by atoms with E-state index in [9.17, 15) is 4.39 Å². The minimum atomic E-state index is -0.456. The molecule has 19 heavy (non-hydrogen) atoms. The highest BCUT2D eigenvalue weighted by Crippen LogP contribution is 2.32. The van der Waals surface area contributed by atoms with Crippen molar-refractivity contribution in [2.45, 2.75) is 19.5 Å². The number of nitrogens with two attached hydrogens (primary N) is 1. The average molecular weight is 303 g/mol. The molecule has 0 saturated carbocycles. The van der Waals surface area contributed by atoms with Gasteiger partial charge in [0.15, 0.2) is 0 Å². The average Bonchev–Trinajstić information content (AvgIpc) is 2.74. The third kappa shape index (κ3) is 2.74. The molecule has 1 unspecified atom stereocenters. The molecule has 7 heteroatoms. The Morgan fingerprint density at radius 2 is 2.16 bits per heavy atom. The van der Waals surface area contributed by atoms with Crippen molar-refractivity contribution in [3.05, 3.63) is 51.5 Å². The summed E-state index contributed by atoms with van der Waals surface area (Å²) in [6, 6.07) is 3.68. The van der Waals surface area contributed by atoms with E-state index >= 15 is 0 Å². The second kappa shape index (κ2) is 5.88. The SMILES string of the molecule is CCn1ncc(Cl)c1C(NN)c1ccc(F)cc1Cl. The third-order valence-electron chi connectivity index (χ3n) is 2.85. The normalized spacial score (nSPS) is 12.7. The number of hydrogen-bond acceptors (Lipinski definition) is 3. The number of aryl methyl sites for hydroxylation is 1. The van der Waals surface area contributed by atoms with E-state index in [1.165, 1.54) is 12.1 Å². The zero-order valence-electron chi connectivity index (χ0n) is 10.2. The van der Waals surface area contributed by atoms with Gasteiger partial charge < -0.3 is 0 Å². The third-order valence-corrected chi connectivity index (χ3v) is 3.46. The quantitative estimate of drug-likeness (QED) is 0.674. The first-order chi connectivity index (χ1) is 9.08. The molecule has 0 amide bonds. The van der Waals surface area contributed by atoms with Crippen LogP contribution < -0.4 is 11.3 Å². The molecule has 0 aliphatic carbocycles. The first kappa shape index (κ1) is 14.3. The van der Waals surface area contributed by atoms with Gasteiger partial charge in [-0.1, -0.05) is 29.3 Å². The van der Waals surface area contributed by atoms with Crippen LogP contribution in [-0.2, 0) is 6.54 Å². The predicted molar refractivity (Wildman–Crippen MR) is 73.5 cm³/mol. The van der Waals surface area contributed by atoms with E-state index in [1.54, 1.807) is 16.9 Å². The van der Waals surface area contributed by atoms with Crippen LogP contribution in [0.3, 0.4) is 0 Å². The second-order valence-electron chi connectivity index (χ2n) is 3.96. The number of halogens is 3. The zero-order chi connectivity index (χ0) is 14.0. The van der Waals surface area contributed by atoms with Gasteiger partial charge in [0.25, 0.3) is 0 Å². The molecule has 0 aliphatic rings. The van der Waals surface area contributed by atoms with Crippen LogP contribution in [0.1, 0.15) is 24.2 Å². The summed E-state index contributed by atoms with van der Waals surface area (Å²) < 4.78 is 14.8. The van der Waals surface area contributed by atoms with Crippen LogP contribution in [0.2, 0.25) is 10.0 Å². The number of hydrogen-bond donors (Lipinski definition) is 2. The molecular formula is C12H13Cl2FN4. The molecule has 0 spiro atoms. The lowest BCUT2D eigenvalue weighted by molar-refractivity contribution is 0.542. The Balaban J connectivity index is 2.52. The van der Waals surface area contributed by atoms with Gasteiger partial charge in [-0.05, 0) is 24.6 Å². The topological polar surface area (TPSA) is 55.9 Å². The molecule has 2 aromatic rings. The summed E-state index contributed by atoms with van der Waals surface area (Å²) in [5.41, 5.74) is 3.98. The first-order valence-electron chi connectivity index (χ1n) is 5.70. The van der Waals surface area contributed by atoms with Gasteiger partial charge in [-0.25, -0.2) is 9.82 Å². The number of aromatic nitrogens is 2. The number of nitrogens with zero attached hydrogens (tertiary/aromatic N) is 2. The van der Waals surface area contributed by atoms with Crippen molar-refractivity contribution >= 4 is 23.2 Å². The summed E-state index contributed by atoms with van der Waals surface area (Å²) in [6.07, 6.45) is 1.54. The molecule has 4 nitrogen and oxygen atoms in total. The molecule has 0 aliphatic heterocycles. The maximum Gasteiger partial charge on any atom is 0.124 e. The maximum absolute atomic E-state index is 13.1. The first-order valence-corrected chi connectivity index (χ1v) is 6.46. The van der Waals surface area contributed by atoms with E-state index in [4.69, 9.17) is 29.0 Å². The summed E-state index contributed by atoms with van der Waals surface area (Å²) in [6.45, 7) is 2.58. The number of rotatable bonds is 4. The highest BCUT2D eigenvalue weighted by molar-refractivity contribution is 6.32. The minimum Gasteiger partial charge on any atom is -0.271 e. The summed E-state index contributed by atoms with van der Waals surface area (Å²) in [4.78, 5) is 0. The van der Waals surface area contributed by atoms with Crippen molar-refractivity contribution in [3.63, 3.8) is 0 Å². The van der Waals surface area contributed by atoms with E-state index in [0.29, 0.717) is 22.8 Å². The van der Waals surface area contributed by atoms with E-state index in [1.807, 2.05) is 6.92 Å². The lowest BCUT2D eigenvalue weighted by Gasteiger charge is -2.19. The van der Waals surface area contributed by atoms with Gasteiger partial charge in [0.1, 0.15) is 5.82 Å². The van der Waals surface area contributed by atoms with Crippen molar-refractivity contribution < 1.29 is 4.39 Å². The predicted octanol–water partition coefficient (Wildman–Crippen LogP) is 2.90. The fourth-order valence-electron chi connectivity index (χ4n) is 1.96. The molecule has 1 aromatic carbocycles. The summed E-state index contributed by atoms with van der Waals surface area (Å²) in [5, 5.41) is 4.91. The number of hydrazine groups is 1. The van der Waals surface area contributed by atoms with Gasteiger partial charge in [0, 0.05) is 11.6 Å². The van der Waals surface area contributed by atoms with Crippen molar-refractivity contribution in [3.8, 4) is 0 Å². The molecule has 0 fully saturated rings. The molecule has 0 radical (unpaired) electrons. The van der Waals surface area contributed by atoms with Crippen LogP contribution >= 0.6 is 23.2 Å². The fraction of sp³-hybridized carbons (Fsp3) is 0.250. The van der Waals surface area contributed by atoms with E-state index in [2.05, 4.69) is 10.5 Å². The minimum absolute atomic E-state index is 0.280. The van der Waals surface area contributed by atoms with Crippen LogP contribution in [0.4, 0.5) is 4.39 Å². The standard InChI is InChI=1S/C12H13Cl2FN4/c1-2-19-12(10(14)6-17-19)11(18-16)8-4-3-7(15)5-9(8)13/h3-6,11,18H,2,16H2,1H3. The van der Waals surface area contributed by atoms with Crippen LogP contribution in [0.5, 0.6) is 0 Å². The highest BCUT2D eigenvalue weighted by Gasteiger charge is 2.22. The Morgan fingerprint density at radius 3 is 2.74 bits per heavy atom. The van der Waals surface area contributed by atoms with E-state index in [0.717, 1.165) is 0 Å². The van der Waals surface area contributed by atoms with Gasteiger partial charge in [0.2, 0.25) is 0 Å². The molecule has 1 aromatic heterocycles. The Hall–Kier alpha value is -1.14. The van der Waals surface area contributed by atoms with Crippen LogP contribution in [0, 0.1) is 5.82 Å². The van der Waals surface area contributed by atoms with Crippen molar-refractivity contribution in [2.75, 3.05) is 0 Å². The Labute approximate surface area is 120 Å². The number of nitrogens with one attached hydrogen (secondary N) is 1. The van der Waals surface area contributed by atoms with Crippen LogP contribution in [0.25, 0.3) is 0 Å². The van der Waals surface area contributed by atoms with E-state index < -0.39 is 11.9 Å². The summed E-state index contributed by atoms with van der Waals surface area (Å²) in [5.74, 6) is 5.19. The fourth-order valence-corrected chi connectivity index (χ4v) is 2.49. The monoisotopic (exact) mass is 302 g/mol. The van der Waals surface area contributed by atoms with Gasteiger partial charge >= 0.3 is 0 Å². The van der Waals surface area contributed by atoms with Gasteiger partial charge in [-0.2, -0.15) is 5.10 Å². The van der Waals surface area contributed by atoms with Gasteiger partial charge in [0.05, 0.1) is 23.0 Å². The molecular weight excluding hydrogens is 290 g/mol. The lowest BCUT2D eigenvalue weighted by Crippen LogP contribution is -2.31. The molecule has 0 bridgehead atoms. The van der Waals surface area contributed by atoms with Crippen LogP contribution in [-0.4, -0.2) is 9.78 Å². The lowest BCUT2D eigenvalue weighted by atomic mass is 10.0. The Kier molecular flexibility index (Phi) is 4.42. The van der Waals surface area contributed by atoms with Gasteiger partial charge in [-0.3, -0.25) is 10.5 Å². The Morgan fingerprint density at radius 1 is 1.42 bits per heavy atom. The highest BCUT2D eigenvalue weighted by atomic mass is 35.5. The van der Waals surface area contributed by atoms with Crippen molar-refractivity contribution in [2.24, 2.45) is 5.84 Å². The molecule has 2 rings (SSSR count). The van der Waals surface area contributed by atoms with Crippen LogP contribution in [0.15, 0.2) is 24.4 Å². The zero-order valence-corrected chi connectivity index (χ0v) is 11.7.